The number of hydrogen-bond donors (Lipinski definition) is 3. The number of carbonyl (C=O) groups is 1. The van der Waals surface area contributed by atoms with Gasteiger partial charge in [-0.15, -0.1) is 0 Å². The molecule has 4 N–H and O–H groups in total. The summed E-state index contributed by atoms with van der Waals surface area (Å²) in [5, 5.41) is 16.5. The van der Waals surface area contributed by atoms with Crippen molar-refractivity contribution in [2.45, 2.75) is 31.7 Å². The van der Waals surface area contributed by atoms with E-state index >= 15 is 0 Å². The average molecular weight is 279 g/mol. The number of amides is 1. The minimum atomic E-state index is -0.522. The average Bonchev–Trinajstić information content (AvgIpc) is 3.18. The third-order valence-corrected chi connectivity index (χ3v) is 2.87. The predicted octanol–water partition coefficient (Wildman–Crippen LogP) is 1.04. The first-order valence-corrected chi connectivity index (χ1v) is 6.50. The Balaban J connectivity index is 1.75. The maximum atomic E-state index is 11.4. The lowest BCUT2D eigenvalue weighted by atomic mass is 10.3. The van der Waals surface area contributed by atoms with Crippen LogP contribution in [0.15, 0.2) is 12.1 Å². The molecule has 1 amide bonds. The summed E-state index contributed by atoms with van der Waals surface area (Å²) in [7, 11) is 0. The molecule has 1 aliphatic rings. The summed E-state index contributed by atoms with van der Waals surface area (Å²) in [6.07, 6.45) is 3.19. The van der Waals surface area contributed by atoms with Crippen LogP contribution in [0.2, 0.25) is 0 Å². The zero-order chi connectivity index (χ0) is 14.5. The van der Waals surface area contributed by atoms with Crippen LogP contribution in [0.1, 0.15) is 25.7 Å². The Bertz CT molecular complexity index is 516. The maximum Gasteiger partial charge on any atom is 0.276 e. The molecule has 0 spiro atoms. The minimum Gasteiger partial charge on any atom is -0.383 e. The molecule has 20 heavy (non-hydrogen) atoms. The van der Waals surface area contributed by atoms with Gasteiger partial charge >= 0.3 is 0 Å². The van der Waals surface area contributed by atoms with Gasteiger partial charge in [-0.25, -0.2) is 4.98 Å². The van der Waals surface area contributed by atoms with Crippen LogP contribution in [0.4, 0.5) is 17.3 Å². The van der Waals surface area contributed by atoms with E-state index in [1.165, 1.54) is 12.1 Å². The second kappa shape index (κ2) is 6.18. The van der Waals surface area contributed by atoms with Gasteiger partial charge in [0.1, 0.15) is 11.6 Å². The molecule has 2 rings (SSSR count). The van der Waals surface area contributed by atoms with E-state index in [1.807, 2.05) is 0 Å². The van der Waals surface area contributed by atoms with Crippen molar-refractivity contribution in [2.24, 2.45) is 0 Å². The van der Waals surface area contributed by atoms with Crippen molar-refractivity contribution in [1.29, 1.82) is 0 Å². The highest BCUT2D eigenvalue weighted by Crippen LogP contribution is 2.19. The van der Waals surface area contributed by atoms with Gasteiger partial charge in [0.25, 0.3) is 5.69 Å². The van der Waals surface area contributed by atoms with Gasteiger partial charge in [-0.1, -0.05) is 0 Å². The number of hydrogen-bond acceptors (Lipinski definition) is 6. The van der Waals surface area contributed by atoms with Gasteiger partial charge in [-0.3, -0.25) is 14.9 Å². The van der Waals surface area contributed by atoms with Crippen molar-refractivity contribution >= 4 is 23.2 Å². The highest BCUT2D eigenvalue weighted by molar-refractivity contribution is 5.76. The van der Waals surface area contributed by atoms with Crippen LogP contribution in [-0.2, 0) is 4.79 Å². The number of rotatable bonds is 7. The SMILES string of the molecule is Nc1cc([N+](=O)[O-])cc(NCCCC(=O)NC2CC2)n1. The molecule has 0 radical (unpaired) electrons. The summed E-state index contributed by atoms with van der Waals surface area (Å²) in [5.74, 6) is 0.480. The van der Waals surface area contributed by atoms with Crippen molar-refractivity contribution in [2.75, 3.05) is 17.6 Å². The Labute approximate surface area is 115 Å². The van der Waals surface area contributed by atoms with E-state index in [9.17, 15) is 14.9 Å². The third-order valence-electron chi connectivity index (χ3n) is 2.87. The molecule has 0 aromatic carbocycles. The molecule has 1 heterocycles. The largest absolute Gasteiger partial charge is 0.383 e. The molecule has 0 unspecified atom stereocenters. The fourth-order valence-corrected chi connectivity index (χ4v) is 1.73. The summed E-state index contributed by atoms with van der Waals surface area (Å²) < 4.78 is 0. The summed E-state index contributed by atoms with van der Waals surface area (Å²) >= 11 is 0. The Kier molecular flexibility index (Phi) is 4.34. The molecule has 0 atom stereocenters. The van der Waals surface area contributed by atoms with E-state index in [2.05, 4.69) is 15.6 Å². The zero-order valence-electron chi connectivity index (χ0n) is 11.0. The van der Waals surface area contributed by atoms with Crippen LogP contribution in [0, 0.1) is 10.1 Å². The number of pyridine rings is 1. The lowest BCUT2D eigenvalue weighted by molar-refractivity contribution is -0.384. The van der Waals surface area contributed by atoms with Crippen LogP contribution in [0.25, 0.3) is 0 Å². The first kappa shape index (κ1) is 14.0. The normalized spacial score (nSPS) is 13.8. The Morgan fingerprint density at radius 3 is 2.90 bits per heavy atom. The molecule has 0 saturated heterocycles. The van der Waals surface area contributed by atoms with Crippen molar-refractivity contribution in [3.8, 4) is 0 Å². The molecule has 8 nitrogen and oxygen atoms in total. The second-order valence-electron chi connectivity index (χ2n) is 4.76. The van der Waals surface area contributed by atoms with Crippen molar-refractivity contribution in [3.05, 3.63) is 22.2 Å². The first-order chi connectivity index (χ1) is 9.54. The zero-order valence-corrected chi connectivity index (χ0v) is 11.0. The number of carbonyl (C=O) groups excluding carboxylic acids is 1. The van der Waals surface area contributed by atoms with Gasteiger partial charge in [0.15, 0.2) is 0 Å². The maximum absolute atomic E-state index is 11.4. The van der Waals surface area contributed by atoms with E-state index in [-0.39, 0.29) is 17.4 Å². The third kappa shape index (κ3) is 4.38. The van der Waals surface area contributed by atoms with Crippen LogP contribution in [-0.4, -0.2) is 28.4 Å². The molecule has 1 saturated carbocycles. The molecular formula is C12H17N5O3. The first-order valence-electron chi connectivity index (χ1n) is 6.50. The van der Waals surface area contributed by atoms with Crippen molar-refractivity contribution < 1.29 is 9.72 Å². The number of nitrogens with one attached hydrogen (secondary N) is 2. The molecule has 8 heteroatoms. The molecule has 108 valence electrons. The molecule has 1 aromatic rings. The molecular weight excluding hydrogens is 262 g/mol. The number of anilines is 2. The van der Waals surface area contributed by atoms with E-state index < -0.39 is 4.92 Å². The number of nitrogens with zero attached hydrogens (tertiary/aromatic N) is 2. The number of nitrogen functional groups attached to an aromatic ring is 1. The highest BCUT2D eigenvalue weighted by atomic mass is 16.6. The molecule has 0 aliphatic heterocycles. The molecule has 1 aliphatic carbocycles. The fourth-order valence-electron chi connectivity index (χ4n) is 1.73. The molecule has 1 fully saturated rings. The van der Waals surface area contributed by atoms with Gasteiger partial charge in [0.2, 0.25) is 5.91 Å². The van der Waals surface area contributed by atoms with Crippen LogP contribution in [0.3, 0.4) is 0 Å². The quantitative estimate of drug-likeness (QED) is 0.389. The Hall–Kier alpha value is -2.38. The fraction of sp³-hybridized carbons (Fsp3) is 0.500. The van der Waals surface area contributed by atoms with E-state index in [0.717, 1.165) is 12.8 Å². The van der Waals surface area contributed by atoms with E-state index in [0.29, 0.717) is 31.2 Å². The minimum absolute atomic E-state index is 0.0424. The van der Waals surface area contributed by atoms with Gasteiger partial charge in [0.05, 0.1) is 17.1 Å². The monoisotopic (exact) mass is 279 g/mol. The second-order valence-corrected chi connectivity index (χ2v) is 4.76. The van der Waals surface area contributed by atoms with Gasteiger partial charge in [-0.05, 0) is 19.3 Å². The number of nitrogens with two attached hydrogens (primary N) is 1. The summed E-state index contributed by atoms with van der Waals surface area (Å²) in [6, 6.07) is 2.89. The topological polar surface area (TPSA) is 123 Å². The lowest BCUT2D eigenvalue weighted by Gasteiger charge is -2.06. The lowest BCUT2D eigenvalue weighted by Crippen LogP contribution is -2.25. The highest BCUT2D eigenvalue weighted by Gasteiger charge is 2.22. The molecule has 1 aromatic heterocycles. The Morgan fingerprint density at radius 1 is 1.50 bits per heavy atom. The summed E-state index contributed by atoms with van der Waals surface area (Å²) in [4.78, 5) is 25.5. The van der Waals surface area contributed by atoms with Crippen molar-refractivity contribution in [1.82, 2.24) is 10.3 Å². The van der Waals surface area contributed by atoms with E-state index in [1.54, 1.807) is 0 Å². The van der Waals surface area contributed by atoms with Crippen LogP contribution >= 0.6 is 0 Å². The van der Waals surface area contributed by atoms with Crippen LogP contribution in [0.5, 0.6) is 0 Å². The van der Waals surface area contributed by atoms with Gasteiger partial charge in [-0.2, -0.15) is 0 Å². The van der Waals surface area contributed by atoms with E-state index in [4.69, 9.17) is 5.73 Å². The smallest absolute Gasteiger partial charge is 0.276 e. The van der Waals surface area contributed by atoms with Gasteiger partial charge in [0, 0.05) is 19.0 Å². The number of nitro groups is 1. The summed E-state index contributed by atoms with van der Waals surface area (Å²) in [5.41, 5.74) is 5.39. The van der Waals surface area contributed by atoms with Gasteiger partial charge < -0.3 is 16.4 Å². The molecule has 0 bridgehead atoms. The Morgan fingerprint density at radius 2 is 2.25 bits per heavy atom. The predicted molar refractivity (Wildman–Crippen MR) is 74.2 cm³/mol. The summed E-state index contributed by atoms with van der Waals surface area (Å²) in [6.45, 7) is 0.506. The van der Waals surface area contributed by atoms with Crippen LogP contribution < -0.4 is 16.4 Å². The number of aromatic nitrogens is 1. The standard InChI is InChI=1S/C12H17N5O3/c13-10-6-9(17(19)20)7-11(16-10)14-5-1-2-12(18)15-8-3-4-8/h6-8H,1-5H2,(H,15,18)(H3,13,14,16). The van der Waals surface area contributed by atoms with Crippen molar-refractivity contribution in [3.63, 3.8) is 0 Å².